The van der Waals surface area contributed by atoms with Gasteiger partial charge in [-0.3, -0.25) is 14.0 Å². The fourth-order valence-electron chi connectivity index (χ4n) is 6.75. The third-order valence-electron chi connectivity index (χ3n) is 10.1. The summed E-state index contributed by atoms with van der Waals surface area (Å²) in [5.41, 5.74) is 0. The van der Waals surface area contributed by atoms with E-state index in [0.29, 0.717) is 38.4 Å². The lowest BCUT2D eigenvalue weighted by Gasteiger charge is -2.21. The number of carbonyl (C=O) groups excluding carboxylic acids is 2. The Balaban J connectivity index is 3.87. The summed E-state index contributed by atoms with van der Waals surface area (Å²) in [6.07, 6.45) is 34.2. The lowest BCUT2D eigenvalue weighted by molar-refractivity contribution is -0.145. The maximum Gasteiger partial charge on any atom is 0.305 e. The number of halogens is 1. The number of ether oxygens (including phenoxy) is 2. The zero-order valence-corrected chi connectivity index (χ0v) is 33.4. The normalized spacial score (nSPS) is 12.1. The van der Waals surface area contributed by atoms with E-state index in [1.54, 1.807) is 0 Å². The minimum atomic E-state index is -0.195. The number of nitrogens with zero attached hydrogens (tertiary/aromatic N) is 1. The van der Waals surface area contributed by atoms with Crippen molar-refractivity contribution in [1.82, 2.24) is 4.90 Å². The van der Waals surface area contributed by atoms with Gasteiger partial charge in [-0.15, -0.1) is 0 Å². The van der Waals surface area contributed by atoms with E-state index in [-0.39, 0.29) is 25.2 Å². The van der Waals surface area contributed by atoms with Crippen molar-refractivity contribution in [2.24, 2.45) is 5.92 Å². The summed E-state index contributed by atoms with van der Waals surface area (Å²) in [5.74, 6) is 0.398. The molecule has 0 aromatic heterocycles. The Labute approximate surface area is 309 Å². The van der Waals surface area contributed by atoms with Crippen LogP contribution in [0.5, 0.6) is 0 Å². The molecule has 0 rings (SSSR count). The third-order valence-corrected chi connectivity index (χ3v) is 10.1. The van der Waals surface area contributed by atoms with Gasteiger partial charge in [-0.05, 0) is 70.4 Å². The molecule has 0 saturated heterocycles. The zero-order chi connectivity index (χ0) is 36.6. The van der Waals surface area contributed by atoms with Crippen molar-refractivity contribution in [2.45, 2.75) is 213 Å². The highest BCUT2D eigenvalue weighted by Crippen LogP contribution is 2.20. The summed E-state index contributed by atoms with van der Waals surface area (Å²) in [7, 11) is 0. The van der Waals surface area contributed by atoms with E-state index in [9.17, 15) is 19.1 Å². The molecular formula is C43H84FNO5. The van der Waals surface area contributed by atoms with Crippen molar-refractivity contribution in [3.05, 3.63) is 0 Å². The predicted molar refractivity (Wildman–Crippen MR) is 209 cm³/mol. The molecular weight excluding hydrogens is 629 g/mol. The maximum atomic E-state index is 12.4. The van der Waals surface area contributed by atoms with Crippen LogP contribution in [-0.4, -0.2) is 68.1 Å². The van der Waals surface area contributed by atoms with Gasteiger partial charge in [-0.2, -0.15) is 0 Å². The second-order valence-electron chi connectivity index (χ2n) is 14.9. The van der Waals surface area contributed by atoms with Crippen molar-refractivity contribution < 1.29 is 28.6 Å². The van der Waals surface area contributed by atoms with Gasteiger partial charge in [0.2, 0.25) is 0 Å². The van der Waals surface area contributed by atoms with E-state index < -0.39 is 0 Å². The molecule has 0 aliphatic heterocycles. The topological polar surface area (TPSA) is 76.1 Å². The predicted octanol–water partition coefficient (Wildman–Crippen LogP) is 12.1. The van der Waals surface area contributed by atoms with Crippen LogP contribution in [-0.2, 0) is 19.1 Å². The van der Waals surface area contributed by atoms with Crippen LogP contribution >= 0.6 is 0 Å². The van der Waals surface area contributed by atoms with Gasteiger partial charge >= 0.3 is 11.9 Å². The van der Waals surface area contributed by atoms with Gasteiger partial charge in [-0.25, -0.2) is 0 Å². The molecule has 0 aromatic rings. The van der Waals surface area contributed by atoms with Crippen LogP contribution in [0.1, 0.15) is 213 Å². The Kier molecular flexibility index (Phi) is 39.6. The number of esters is 2. The van der Waals surface area contributed by atoms with Crippen LogP contribution in [0.4, 0.5) is 4.39 Å². The van der Waals surface area contributed by atoms with Gasteiger partial charge in [-0.1, -0.05) is 149 Å². The summed E-state index contributed by atoms with van der Waals surface area (Å²) < 4.78 is 23.4. The number of hydrogen-bond donors (Lipinski definition) is 1. The van der Waals surface area contributed by atoms with Crippen LogP contribution in [0, 0.1) is 5.92 Å². The molecule has 50 heavy (non-hydrogen) atoms. The van der Waals surface area contributed by atoms with Gasteiger partial charge in [0.25, 0.3) is 0 Å². The smallest absolute Gasteiger partial charge is 0.305 e. The number of carbonyl (C=O) groups is 2. The Bertz CT molecular complexity index is 709. The van der Waals surface area contributed by atoms with Crippen LogP contribution in [0.15, 0.2) is 0 Å². The molecule has 0 amide bonds. The zero-order valence-electron chi connectivity index (χ0n) is 33.4. The number of aliphatic hydroxyl groups is 1. The highest BCUT2D eigenvalue weighted by atomic mass is 19.1. The van der Waals surface area contributed by atoms with Crippen LogP contribution in [0.3, 0.4) is 0 Å². The molecule has 0 aliphatic rings. The molecule has 0 aliphatic carbocycles. The monoisotopic (exact) mass is 714 g/mol. The average molecular weight is 714 g/mol. The molecule has 298 valence electrons. The average Bonchev–Trinajstić information content (AvgIpc) is 3.11. The number of unbranched alkanes of at least 4 members (excludes halogenated alkanes) is 22. The Hall–Kier alpha value is -1.21. The van der Waals surface area contributed by atoms with E-state index in [2.05, 4.69) is 18.7 Å². The summed E-state index contributed by atoms with van der Waals surface area (Å²) >= 11 is 0. The van der Waals surface area contributed by atoms with Crippen LogP contribution < -0.4 is 0 Å². The van der Waals surface area contributed by atoms with Gasteiger partial charge in [0.05, 0.1) is 26.5 Å². The van der Waals surface area contributed by atoms with E-state index in [4.69, 9.17) is 9.47 Å². The SMILES string of the molecule is CCCCCCCCCOC(=O)CCCCCCCN(CCO)CCCCCCCC(=O)OCC(CCCCCC)CCCCCCCCF. The summed E-state index contributed by atoms with van der Waals surface area (Å²) in [5, 5.41) is 9.51. The Morgan fingerprint density at radius 3 is 1.46 bits per heavy atom. The highest BCUT2D eigenvalue weighted by Gasteiger charge is 2.13. The molecule has 1 atom stereocenters. The summed E-state index contributed by atoms with van der Waals surface area (Å²) in [4.78, 5) is 26.8. The standard InChI is InChI=1S/C43H84FNO5/c1-3-5-7-9-12-21-29-39-49-42(47)32-24-16-13-19-27-35-45(37-38-46)36-28-20-14-17-25-33-43(48)50-40-41(30-22-8-6-4-2)31-23-15-10-11-18-26-34-44/h41,46H,3-40H2,1-2H3. The molecule has 6 nitrogen and oxygen atoms in total. The molecule has 1 unspecified atom stereocenters. The Morgan fingerprint density at radius 2 is 0.940 bits per heavy atom. The maximum absolute atomic E-state index is 12.4. The molecule has 0 radical (unpaired) electrons. The molecule has 0 saturated carbocycles. The summed E-state index contributed by atoms with van der Waals surface area (Å²) in [6.45, 7) is 8.40. The highest BCUT2D eigenvalue weighted by molar-refractivity contribution is 5.69. The first-order valence-corrected chi connectivity index (χ1v) is 21.8. The van der Waals surface area contributed by atoms with Crippen molar-refractivity contribution in [1.29, 1.82) is 0 Å². The molecule has 0 spiro atoms. The van der Waals surface area contributed by atoms with Crippen molar-refractivity contribution in [3.8, 4) is 0 Å². The quantitative estimate of drug-likeness (QED) is 0.0502. The second-order valence-corrected chi connectivity index (χ2v) is 14.9. The second kappa shape index (κ2) is 40.6. The van der Waals surface area contributed by atoms with Gasteiger partial charge < -0.3 is 19.5 Å². The van der Waals surface area contributed by atoms with Crippen LogP contribution in [0.2, 0.25) is 0 Å². The molecule has 0 fully saturated rings. The first-order chi connectivity index (χ1) is 24.6. The van der Waals surface area contributed by atoms with Gasteiger partial charge in [0.1, 0.15) is 0 Å². The largest absolute Gasteiger partial charge is 0.466 e. The van der Waals surface area contributed by atoms with Gasteiger partial charge in [0, 0.05) is 19.4 Å². The molecule has 7 heteroatoms. The number of aliphatic hydroxyl groups excluding tert-OH is 1. The van der Waals surface area contributed by atoms with E-state index >= 15 is 0 Å². The minimum Gasteiger partial charge on any atom is -0.466 e. The minimum absolute atomic E-state index is 0.0386. The molecule has 1 N–H and O–H groups in total. The fraction of sp³-hybridized carbons (Fsp3) is 0.953. The van der Waals surface area contributed by atoms with Gasteiger partial charge in [0.15, 0.2) is 0 Å². The first kappa shape index (κ1) is 48.8. The molecule has 0 aromatic carbocycles. The first-order valence-electron chi connectivity index (χ1n) is 21.8. The number of rotatable bonds is 41. The van der Waals surface area contributed by atoms with Crippen molar-refractivity contribution in [3.63, 3.8) is 0 Å². The van der Waals surface area contributed by atoms with Crippen molar-refractivity contribution in [2.75, 3.05) is 46.1 Å². The van der Waals surface area contributed by atoms with E-state index in [1.807, 2.05) is 0 Å². The molecule has 0 bridgehead atoms. The molecule has 0 heterocycles. The van der Waals surface area contributed by atoms with E-state index in [1.165, 1.54) is 77.0 Å². The van der Waals surface area contributed by atoms with Crippen molar-refractivity contribution >= 4 is 11.9 Å². The van der Waals surface area contributed by atoms with Crippen LogP contribution in [0.25, 0.3) is 0 Å². The lowest BCUT2D eigenvalue weighted by atomic mass is 9.95. The third kappa shape index (κ3) is 36.6. The summed E-state index contributed by atoms with van der Waals surface area (Å²) in [6, 6.07) is 0. The lowest BCUT2D eigenvalue weighted by Crippen LogP contribution is -2.29. The number of hydrogen-bond acceptors (Lipinski definition) is 6. The van der Waals surface area contributed by atoms with E-state index in [0.717, 1.165) is 122 Å². The fourth-order valence-corrected chi connectivity index (χ4v) is 6.75. The Morgan fingerprint density at radius 1 is 0.520 bits per heavy atom. The number of alkyl halides is 1.